The Morgan fingerprint density at radius 3 is 1.49 bits per heavy atom. The Kier molecular flexibility index (Phi) is 7.03. The quantitative estimate of drug-likeness (QED) is 0.210. The minimum absolute atomic E-state index is 0.155. The van der Waals surface area contributed by atoms with Crippen LogP contribution in [0.3, 0.4) is 0 Å². The van der Waals surface area contributed by atoms with Crippen LogP contribution in [-0.2, 0) is 5.16 Å². The first-order chi connectivity index (χ1) is 21.6. The molecule has 7 heteroatoms. The predicted molar refractivity (Wildman–Crippen MR) is 191 cm³/mol. The highest BCUT2D eigenvalue weighted by Gasteiger charge is 2.62. The Labute approximate surface area is 275 Å². The lowest BCUT2D eigenvalue weighted by Crippen LogP contribution is -2.57. The number of rotatable bonds is 8. The van der Waals surface area contributed by atoms with Crippen LogP contribution < -0.4 is 0 Å². The summed E-state index contributed by atoms with van der Waals surface area (Å²) in [4.78, 5) is 19.2. The van der Waals surface area contributed by atoms with Crippen molar-refractivity contribution in [2.75, 3.05) is 6.16 Å². The van der Waals surface area contributed by atoms with E-state index in [1.807, 2.05) is 24.8 Å². The van der Waals surface area contributed by atoms with E-state index in [9.17, 15) is 0 Å². The topological polar surface area (TPSA) is 51.6 Å². The molecule has 1 unspecified atom stereocenters. The highest BCUT2D eigenvalue weighted by Crippen LogP contribution is 2.79. The Balaban J connectivity index is 1.22. The lowest BCUT2D eigenvalue weighted by Gasteiger charge is -2.67. The van der Waals surface area contributed by atoms with E-state index in [2.05, 4.69) is 44.9 Å². The summed E-state index contributed by atoms with van der Waals surface area (Å²) in [5, 5.41) is 2.43. The zero-order chi connectivity index (χ0) is 30.6. The summed E-state index contributed by atoms with van der Waals surface area (Å²) in [6.07, 6.45) is 35.1. The van der Waals surface area contributed by atoms with E-state index in [1.165, 1.54) is 11.7 Å². The van der Waals surface area contributed by atoms with Crippen molar-refractivity contribution in [1.82, 2.24) is 19.9 Å². The first kappa shape index (κ1) is 29.8. The molecule has 0 saturated heterocycles. The van der Waals surface area contributed by atoms with Crippen molar-refractivity contribution in [3.63, 3.8) is 0 Å². The Hall–Kier alpha value is -1.28. The predicted octanol–water partition coefficient (Wildman–Crippen LogP) is 9.31. The average molecular weight is 655 g/mol. The van der Waals surface area contributed by atoms with Crippen LogP contribution in [0.2, 0.25) is 19.6 Å². The third-order valence-electron chi connectivity index (χ3n) is 14.0. The first-order valence-electron chi connectivity index (χ1n) is 18.2. The molecule has 11 rings (SSSR count). The summed E-state index contributed by atoms with van der Waals surface area (Å²) in [7, 11) is 1.60. The molecule has 2 aromatic rings. The van der Waals surface area contributed by atoms with E-state index in [-0.39, 0.29) is 7.92 Å². The Bertz CT molecular complexity index is 1380. The maximum Gasteiger partial charge on any atom is 0.0933 e. The highest BCUT2D eigenvalue weighted by molar-refractivity contribution is 7.61. The fraction of sp³-hybridized carbons (Fsp3) is 0.684. The van der Waals surface area contributed by atoms with Gasteiger partial charge in [0.05, 0.1) is 37.0 Å². The second-order valence-electron chi connectivity index (χ2n) is 18.0. The van der Waals surface area contributed by atoms with Gasteiger partial charge in [-0.3, -0.25) is 19.9 Å². The molecule has 0 spiro atoms. The molecule has 0 radical (unpaired) electrons. The fourth-order valence-corrected chi connectivity index (χ4v) is 20.0. The molecule has 8 saturated carbocycles. The van der Waals surface area contributed by atoms with Gasteiger partial charge in [-0.05, 0) is 147 Å². The molecule has 45 heavy (non-hydrogen) atoms. The lowest BCUT2D eigenvalue weighted by molar-refractivity contribution is 0.0187. The summed E-state index contributed by atoms with van der Waals surface area (Å²) in [6, 6.07) is 0. The molecule has 0 N–H and O–H groups in total. The van der Waals surface area contributed by atoms with Gasteiger partial charge in [0.1, 0.15) is 0 Å². The van der Waals surface area contributed by atoms with Crippen molar-refractivity contribution >= 4 is 25.2 Å². The minimum atomic E-state index is -1.53. The van der Waals surface area contributed by atoms with Crippen LogP contribution in [0.5, 0.6) is 0 Å². The smallest absolute Gasteiger partial charge is 0.0933 e. The summed E-state index contributed by atoms with van der Waals surface area (Å²) in [5.41, 5.74) is 5.17. The second kappa shape index (κ2) is 10.6. The molecule has 238 valence electrons. The van der Waals surface area contributed by atoms with Gasteiger partial charge in [-0.25, -0.2) is 0 Å². The van der Waals surface area contributed by atoms with Crippen molar-refractivity contribution in [2.24, 2.45) is 35.5 Å². The third-order valence-corrected chi connectivity index (χ3v) is 21.2. The summed E-state index contributed by atoms with van der Waals surface area (Å²) in [6.45, 7) is 7.65. The number of hydrogen-bond acceptors (Lipinski definition) is 4. The van der Waals surface area contributed by atoms with Crippen LogP contribution in [0.15, 0.2) is 59.6 Å². The molecule has 0 aliphatic heterocycles. The molecule has 2 aromatic heterocycles. The third kappa shape index (κ3) is 4.86. The standard InChI is InChI=1S/C38H52N4P2Si/c1-45(2,3)32-14-31(33(15-32)38(43,34-22-39-4-6-41-34)35-23-40-5-7-42-35)24-44(36-16-25-8-26(17-36)10-27(9-25)18-36)37-19-28-11-29(20-37)13-30(12-28)21-37/h4-7,14,22-23,25-30H,8-13,15-21,24,43H2,1-3H3. The Morgan fingerprint density at radius 2 is 1.13 bits per heavy atom. The molecule has 8 fully saturated rings. The minimum Gasteiger partial charge on any atom is -0.261 e. The van der Waals surface area contributed by atoms with Crippen LogP contribution in [0, 0.1) is 35.5 Å². The van der Waals surface area contributed by atoms with Gasteiger partial charge >= 0.3 is 0 Å². The number of hydrogen-bond donors (Lipinski definition) is 0. The molecule has 0 amide bonds. The highest BCUT2D eigenvalue weighted by atomic mass is 31.1. The Morgan fingerprint density at radius 1 is 0.711 bits per heavy atom. The lowest BCUT2D eigenvalue weighted by atomic mass is 9.55. The molecule has 9 aliphatic carbocycles. The van der Waals surface area contributed by atoms with E-state index >= 15 is 0 Å². The number of aromatic nitrogens is 4. The second-order valence-corrected chi connectivity index (χ2v) is 27.0. The maximum absolute atomic E-state index is 4.99. The van der Waals surface area contributed by atoms with Gasteiger partial charge in [0.15, 0.2) is 0 Å². The zero-order valence-electron chi connectivity index (χ0n) is 27.7. The van der Waals surface area contributed by atoms with Gasteiger partial charge in [-0.2, -0.15) is 0 Å². The zero-order valence-corrected chi connectivity index (χ0v) is 30.8. The van der Waals surface area contributed by atoms with Gasteiger partial charge in [-0.1, -0.05) is 38.8 Å². The van der Waals surface area contributed by atoms with Crippen molar-refractivity contribution in [2.45, 2.75) is 119 Å². The van der Waals surface area contributed by atoms with E-state index < -0.39 is 13.2 Å². The van der Waals surface area contributed by atoms with E-state index in [1.54, 1.807) is 100 Å². The summed E-state index contributed by atoms with van der Waals surface area (Å²) >= 11 is 0. The number of allylic oxidation sites excluding steroid dienone is 4. The van der Waals surface area contributed by atoms with Crippen LogP contribution in [0.1, 0.15) is 94.9 Å². The summed E-state index contributed by atoms with van der Waals surface area (Å²) < 4.78 is 0. The van der Waals surface area contributed by atoms with Crippen LogP contribution >= 0.6 is 17.2 Å². The van der Waals surface area contributed by atoms with Gasteiger partial charge < -0.3 is 0 Å². The van der Waals surface area contributed by atoms with Crippen LogP contribution in [0.25, 0.3) is 0 Å². The van der Waals surface area contributed by atoms with Crippen LogP contribution in [0.4, 0.5) is 0 Å². The molecule has 0 aromatic carbocycles. The molecular formula is C38H52N4P2Si. The monoisotopic (exact) mass is 654 g/mol. The molecule has 4 nitrogen and oxygen atoms in total. The van der Waals surface area contributed by atoms with E-state index in [0.717, 1.165) is 53.3 Å². The van der Waals surface area contributed by atoms with Gasteiger partial charge in [-0.15, -0.1) is 9.24 Å². The van der Waals surface area contributed by atoms with E-state index in [0.29, 0.717) is 10.3 Å². The SMILES string of the molecule is C[Si](C)(C)C1=CC(CP(C23CC4CC(CC(C4)C2)C3)C23CC4CC(CC(C4)C2)C3)=C(C(P)(c2cnccn2)c2cnccn2)C1. The molecule has 1 atom stereocenters. The van der Waals surface area contributed by atoms with Crippen molar-refractivity contribution in [3.05, 3.63) is 71.0 Å². The fourth-order valence-electron chi connectivity index (χ4n) is 12.9. The van der Waals surface area contributed by atoms with Gasteiger partial charge in [0.25, 0.3) is 0 Å². The molecule has 2 heterocycles. The molecule has 9 aliphatic rings. The van der Waals surface area contributed by atoms with Crippen molar-refractivity contribution in [1.29, 1.82) is 0 Å². The summed E-state index contributed by atoms with van der Waals surface area (Å²) in [5.74, 6) is 6.08. The van der Waals surface area contributed by atoms with E-state index in [4.69, 9.17) is 9.97 Å². The van der Waals surface area contributed by atoms with Gasteiger partial charge in [0, 0.05) is 24.8 Å². The first-order valence-corrected chi connectivity index (χ1v) is 23.8. The number of nitrogens with zero attached hydrogens (tertiary/aromatic N) is 4. The average Bonchev–Trinajstić information content (AvgIpc) is 3.44. The van der Waals surface area contributed by atoms with Crippen molar-refractivity contribution in [3.8, 4) is 0 Å². The van der Waals surface area contributed by atoms with Crippen molar-refractivity contribution < 1.29 is 0 Å². The normalized spacial score (nSPS) is 39.1. The largest absolute Gasteiger partial charge is 0.261 e. The maximum atomic E-state index is 4.99. The molecular weight excluding hydrogens is 602 g/mol. The van der Waals surface area contributed by atoms with Gasteiger partial charge in [0.2, 0.25) is 0 Å². The molecule has 8 bridgehead atoms. The van der Waals surface area contributed by atoms with Crippen LogP contribution in [-0.4, -0.2) is 44.5 Å².